The van der Waals surface area contributed by atoms with Gasteiger partial charge in [0.25, 0.3) is 0 Å². The van der Waals surface area contributed by atoms with Gasteiger partial charge in [0, 0.05) is 5.56 Å². The lowest BCUT2D eigenvalue weighted by molar-refractivity contribution is 0.103. The van der Waals surface area contributed by atoms with Crippen LogP contribution in [0.5, 0.6) is 0 Å². The number of hydrogen-bond acceptors (Lipinski definition) is 1. The van der Waals surface area contributed by atoms with Gasteiger partial charge in [0.15, 0.2) is 5.78 Å². The summed E-state index contributed by atoms with van der Waals surface area (Å²) in [6.07, 6.45) is 0. The van der Waals surface area contributed by atoms with Gasteiger partial charge in [-0.1, -0.05) is 29.3 Å². The minimum absolute atomic E-state index is 0.0406. The Morgan fingerprint density at radius 2 is 1.78 bits per heavy atom. The number of ketones is 1. The van der Waals surface area contributed by atoms with Crippen molar-refractivity contribution in [3.63, 3.8) is 0 Å². The molecule has 92 valence electrons. The summed E-state index contributed by atoms with van der Waals surface area (Å²) < 4.78 is 26.8. The molecular weight excluding hydrogens is 258 g/mol. The van der Waals surface area contributed by atoms with Crippen molar-refractivity contribution in [2.75, 3.05) is 0 Å². The topological polar surface area (TPSA) is 17.1 Å². The number of hydrogen-bond donors (Lipinski definition) is 0. The molecule has 0 aliphatic carbocycles. The van der Waals surface area contributed by atoms with E-state index in [0.29, 0.717) is 0 Å². The second kappa shape index (κ2) is 4.86. The largest absolute Gasteiger partial charge is 0.288 e. The molecule has 0 aliphatic rings. The van der Waals surface area contributed by atoms with Crippen molar-refractivity contribution in [3.05, 3.63) is 69.7 Å². The molecule has 2 aromatic carbocycles. The summed E-state index contributed by atoms with van der Waals surface area (Å²) in [5, 5.41) is -0.289. The summed E-state index contributed by atoms with van der Waals surface area (Å²) in [5.41, 5.74) is 0.593. The van der Waals surface area contributed by atoms with E-state index in [1.807, 2.05) is 0 Å². The third kappa shape index (κ3) is 2.27. The maximum absolute atomic E-state index is 13.6. The summed E-state index contributed by atoms with van der Waals surface area (Å²) in [6, 6.07) is 8.05. The van der Waals surface area contributed by atoms with E-state index < -0.39 is 17.4 Å². The molecule has 0 amide bonds. The number of halogens is 3. The molecule has 0 heterocycles. The highest BCUT2D eigenvalue weighted by molar-refractivity contribution is 6.35. The van der Waals surface area contributed by atoms with Crippen LogP contribution in [0.25, 0.3) is 0 Å². The van der Waals surface area contributed by atoms with Crippen LogP contribution in [0.15, 0.2) is 36.4 Å². The third-order valence-electron chi connectivity index (χ3n) is 2.56. The molecule has 0 atom stereocenters. The third-order valence-corrected chi connectivity index (χ3v) is 2.95. The van der Waals surface area contributed by atoms with Crippen LogP contribution in [-0.2, 0) is 0 Å². The van der Waals surface area contributed by atoms with Crippen molar-refractivity contribution in [2.45, 2.75) is 6.92 Å². The number of benzene rings is 2. The molecule has 0 N–H and O–H groups in total. The molecule has 0 bridgehead atoms. The van der Waals surface area contributed by atoms with Gasteiger partial charge in [-0.05, 0) is 31.2 Å². The SMILES string of the molecule is Cc1ccc(F)c(C(=O)c2cccc(F)c2Cl)c1. The number of aryl methyl sites for hydroxylation is 1. The first-order valence-corrected chi connectivity index (χ1v) is 5.63. The van der Waals surface area contributed by atoms with Gasteiger partial charge < -0.3 is 0 Å². The van der Waals surface area contributed by atoms with Crippen LogP contribution in [-0.4, -0.2) is 5.78 Å². The lowest BCUT2D eigenvalue weighted by Gasteiger charge is -2.06. The van der Waals surface area contributed by atoms with Crippen LogP contribution in [0.4, 0.5) is 8.78 Å². The molecule has 0 unspecified atom stereocenters. The van der Waals surface area contributed by atoms with Gasteiger partial charge in [0.2, 0.25) is 0 Å². The molecular formula is C14H9ClF2O. The van der Waals surface area contributed by atoms with Gasteiger partial charge in [0.1, 0.15) is 11.6 Å². The zero-order valence-corrected chi connectivity index (χ0v) is 10.3. The zero-order chi connectivity index (χ0) is 13.3. The predicted octanol–water partition coefficient (Wildman–Crippen LogP) is 4.16. The van der Waals surface area contributed by atoms with E-state index in [0.717, 1.165) is 11.6 Å². The van der Waals surface area contributed by atoms with Crippen LogP contribution in [0.3, 0.4) is 0 Å². The van der Waals surface area contributed by atoms with Gasteiger partial charge in [-0.15, -0.1) is 0 Å². The molecule has 18 heavy (non-hydrogen) atoms. The molecule has 0 fully saturated rings. The highest BCUT2D eigenvalue weighted by Crippen LogP contribution is 2.24. The standard InChI is InChI=1S/C14H9ClF2O/c1-8-5-6-11(16)10(7-8)14(18)9-3-2-4-12(17)13(9)15/h2-7H,1H3. The van der Waals surface area contributed by atoms with E-state index in [2.05, 4.69) is 0 Å². The highest BCUT2D eigenvalue weighted by atomic mass is 35.5. The van der Waals surface area contributed by atoms with Crippen molar-refractivity contribution in [2.24, 2.45) is 0 Å². The van der Waals surface area contributed by atoms with Gasteiger partial charge in [-0.2, -0.15) is 0 Å². The summed E-state index contributed by atoms with van der Waals surface area (Å²) in [7, 11) is 0. The van der Waals surface area contributed by atoms with Crippen molar-refractivity contribution in [1.82, 2.24) is 0 Å². The van der Waals surface area contributed by atoms with E-state index in [1.54, 1.807) is 13.0 Å². The minimum Gasteiger partial charge on any atom is -0.288 e. The Labute approximate surface area is 108 Å². The first kappa shape index (κ1) is 12.7. The molecule has 1 nitrogen and oxygen atoms in total. The average Bonchev–Trinajstić information content (AvgIpc) is 2.35. The van der Waals surface area contributed by atoms with Crippen LogP contribution in [0.1, 0.15) is 21.5 Å². The van der Waals surface area contributed by atoms with E-state index in [9.17, 15) is 13.6 Å². The van der Waals surface area contributed by atoms with Crippen molar-refractivity contribution in [3.8, 4) is 0 Å². The second-order valence-corrected chi connectivity index (χ2v) is 4.29. The zero-order valence-electron chi connectivity index (χ0n) is 9.51. The number of rotatable bonds is 2. The molecule has 0 saturated heterocycles. The van der Waals surface area contributed by atoms with Crippen LogP contribution in [0, 0.1) is 18.6 Å². The number of carbonyl (C=O) groups is 1. The summed E-state index contributed by atoms with van der Waals surface area (Å²) >= 11 is 5.71. The average molecular weight is 267 g/mol. The van der Waals surface area contributed by atoms with Crippen molar-refractivity contribution < 1.29 is 13.6 Å². The quantitative estimate of drug-likeness (QED) is 0.746. The molecule has 0 radical (unpaired) electrons. The Kier molecular flexibility index (Phi) is 3.43. The van der Waals surface area contributed by atoms with Crippen LogP contribution >= 0.6 is 11.6 Å². The van der Waals surface area contributed by atoms with E-state index in [4.69, 9.17) is 11.6 Å². The molecule has 0 aliphatic heterocycles. The second-order valence-electron chi connectivity index (χ2n) is 3.91. The van der Waals surface area contributed by atoms with Gasteiger partial charge in [0.05, 0.1) is 10.6 Å². The van der Waals surface area contributed by atoms with E-state index in [1.165, 1.54) is 24.3 Å². The fraction of sp³-hybridized carbons (Fsp3) is 0.0714. The minimum atomic E-state index is -0.699. The maximum atomic E-state index is 13.6. The normalized spacial score (nSPS) is 10.4. The Morgan fingerprint density at radius 3 is 2.50 bits per heavy atom. The Hall–Kier alpha value is -1.74. The maximum Gasteiger partial charge on any atom is 0.197 e. The first-order valence-electron chi connectivity index (χ1n) is 5.25. The van der Waals surface area contributed by atoms with Gasteiger partial charge >= 0.3 is 0 Å². The van der Waals surface area contributed by atoms with E-state index >= 15 is 0 Å². The Bertz CT molecular complexity index is 619. The first-order chi connectivity index (χ1) is 8.50. The predicted molar refractivity (Wildman–Crippen MR) is 66.0 cm³/mol. The lowest BCUT2D eigenvalue weighted by Crippen LogP contribution is -2.06. The van der Waals surface area contributed by atoms with Crippen molar-refractivity contribution in [1.29, 1.82) is 0 Å². The molecule has 2 rings (SSSR count). The molecule has 0 spiro atoms. The van der Waals surface area contributed by atoms with Gasteiger partial charge in [-0.25, -0.2) is 8.78 Å². The fourth-order valence-electron chi connectivity index (χ4n) is 1.64. The highest BCUT2D eigenvalue weighted by Gasteiger charge is 2.18. The van der Waals surface area contributed by atoms with Crippen molar-refractivity contribution >= 4 is 17.4 Å². The summed E-state index contributed by atoms with van der Waals surface area (Å²) in [4.78, 5) is 12.1. The van der Waals surface area contributed by atoms with Crippen LogP contribution in [0.2, 0.25) is 5.02 Å². The molecule has 0 aromatic heterocycles. The summed E-state index contributed by atoms with van der Waals surface area (Å²) in [6.45, 7) is 1.74. The molecule has 0 saturated carbocycles. The Balaban J connectivity index is 2.55. The van der Waals surface area contributed by atoms with Crippen LogP contribution < -0.4 is 0 Å². The van der Waals surface area contributed by atoms with Gasteiger partial charge in [-0.3, -0.25) is 4.79 Å². The molecule has 2 aromatic rings. The fourth-order valence-corrected chi connectivity index (χ4v) is 1.85. The molecule has 4 heteroatoms. The monoisotopic (exact) mass is 266 g/mol. The summed E-state index contributed by atoms with van der Waals surface area (Å²) in [5.74, 6) is -1.97. The lowest BCUT2D eigenvalue weighted by atomic mass is 10.0. The number of carbonyl (C=O) groups excluding carboxylic acids is 1. The smallest absolute Gasteiger partial charge is 0.197 e. The Morgan fingerprint density at radius 1 is 1.06 bits per heavy atom. The van der Waals surface area contributed by atoms with E-state index in [-0.39, 0.29) is 16.1 Å².